The molecular weight excluding hydrogens is 365 g/mol. The van der Waals surface area contributed by atoms with E-state index < -0.39 is 11.7 Å². The van der Waals surface area contributed by atoms with Gasteiger partial charge in [-0.15, -0.1) is 0 Å². The van der Waals surface area contributed by atoms with Crippen LogP contribution in [0.25, 0.3) is 0 Å². The van der Waals surface area contributed by atoms with Crippen molar-refractivity contribution < 1.29 is 28.1 Å². The summed E-state index contributed by atoms with van der Waals surface area (Å²) in [7, 11) is 1.42. The lowest BCUT2D eigenvalue weighted by molar-refractivity contribution is 0.0886. The van der Waals surface area contributed by atoms with E-state index in [4.69, 9.17) is 18.9 Å². The second-order valence-corrected chi connectivity index (χ2v) is 6.90. The van der Waals surface area contributed by atoms with Crippen molar-refractivity contribution in [1.82, 2.24) is 5.32 Å². The summed E-state index contributed by atoms with van der Waals surface area (Å²) in [5.41, 5.74) is -0.0521. The van der Waals surface area contributed by atoms with E-state index in [1.54, 1.807) is 6.07 Å². The predicted octanol–water partition coefficient (Wildman–Crippen LogP) is 3.68. The number of nitrogens with one attached hydrogen (secondary N) is 1. The molecule has 0 radical (unpaired) electrons. The molecule has 1 heterocycles. The molecule has 1 aliphatic carbocycles. The molecule has 1 N–H and O–H groups in total. The van der Waals surface area contributed by atoms with Crippen LogP contribution in [-0.4, -0.2) is 32.0 Å². The fourth-order valence-electron chi connectivity index (χ4n) is 3.62. The molecular formula is C21H22FNO5. The Morgan fingerprint density at radius 1 is 1.11 bits per heavy atom. The number of halogens is 1. The summed E-state index contributed by atoms with van der Waals surface area (Å²) in [6.45, 7) is 0.233. The number of carbonyl (C=O) groups excluding carboxylic acids is 1. The molecule has 2 aliphatic rings. The maximum atomic E-state index is 14.1. The first-order chi connectivity index (χ1) is 13.6. The molecule has 7 heteroatoms. The van der Waals surface area contributed by atoms with Gasteiger partial charge in [0.1, 0.15) is 22.9 Å². The highest BCUT2D eigenvalue weighted by molar-refractivity contribution is 5.97. The molecule has 2 aromatic rings. The quantitative estimate of drug-likeness (QED) is 0.848. The van der Waals surface area contributed by atoms with Crippen molar-refractivity contribution in [2.45, 2.75) is 37.8 Å². The SMILES string of the molecule is COc1cccc(F)c1C(=O)NC1CCC(Oc2ccc3c(c2)OCO3)CC1. The number of hydrogen-bond acceptors (Lipinski definition) is 5. The van der Waals surface area contributed by atoms with Gasteiger partial charge < -0.3 is 24.3 Å². The highest BCUT2D eigenvalue weighted by Crippen LogP contribution is 2.36. The molecule has 0 atom stereocenters. The van der Waals surface area contributed by atoms with E-state index in [-0.39, 0.29) is 30.3 Å². The van der Waals surface area contributed by atoms with E-state index in [0.717, 1.165) is 37.2 Å². The van der Waals surface area contributed by atoms with E-state index in [1.165, 1.54) is 19.2 Å². The molecule has 148 valence electrons. The zero-order valence-corrected chi connectivity index (χ0v) is 15.6. The molecule has 1 saturated carbocycles. The standard InChI is InChI=1S/C21H22FNO5/c1-25-18-4-2-3-16(22)20(18)21(24)23-13-5-7-14(8-6-13)28-15-9-10-17-19(11-15)27-12-26-17/h2-4,9-11,13-14H,5-8,12H2,1H3,(H,23,24). The van der Waals surface area contributed by atoms with Gasteiger partial charge in [0.15, 0.2) is 11.5 Å². The first kappa shape index (κ1) is 18.4. The molecule has 1 amide bonds. The Labute approximate surface area is 162 Å². The molecule has 1 aliphatic heterocycles. The summed E-state index contributed by atoms with van der Waals surface area (Å²) in [5.74, 6) is 1.36. The zero-order chi connectivity index (χ0) is 19.5. The topological polar surface area (TPSA) is 66.0 Å². The van der Waals surface area contributed by atoms with Gasteiger partial charge in [-0.25, -0.2) is 4.39 Å². The van der Waals surface area contributed by atoms with Crippen LogP contribution in [-0.2, 0) is 0 Å². The monoisotopic (exact) mass is 387 g/mol. The van der Waals surface area contributed by atoms with Gasteiger partial charge in [-0.05, 0) is 49.9 Å². The van der Waals surface area contributed by atoms with Crippen molar-refractivity contribution in [3.63, 3.8) is 0 Å². The molecule has 4 rings (SSSR count). The number of methoxy groups -OCH3 is 1. The number of hydrogen-bond donors (Lipinski definition) is 1. The third-order valence-corrected chi connectivity index (χ3v) is 5.08. The summed E-state index contributed by atoms with van der Waals surface area (Å²) in [4.78, 5) is 12.5. The largest absolute Gasteiger partial charge is 0.496 e. The van der Waals surface area contributed by atoms with E-state index in [9.17, 15) is 9.18 Å². The first-order valence-electron chi connectivity index (χ1n) is 9.33. The Morgan fingerprint density at radius 2 is 1.89 bits per heavy atom. The Balaban J connectivity index is 1.31. The van der Waals surface area contributed by atoms with Crippen LogP contribution < -0.4 is 24.3 Å². The third-order valence-electron chi connectivity index (χ3n) is 5.08. The Bertz CT molecular complexity index is 864. The normalized spacial score (nSPS) is 20.5. The van der Waals surface area contributed by atoms with E-state index in [2.05, 4.69) is 5.32 Å². The molecule has 0 bridgehead atoms. The minimum atomic E-state index is -0.586. The Hall–Kier alpha value is -2.96. The van der Waals surface area contributed by atoms with Crippen LogP contribution in [0.5, 0.6) is 23.0 Å². The summed E-state index contributed by atoms with van der Waals surface area (Å²) >= 11 is 0. The minimum absolute atomic E-state index is 0.0200. The van der Waals surface area contributed by atoms with Gasteiger partial charge in [-0.3, -0.25) is 4.79 Å². The maximum Gasteiger partial charge on any atom is 0.258 e. The summed E-state index contributed by atoms with van der Waals surface area (Å²) in [5, 5.41) is 2.92. The molecule has 6 nitrogen and oxygen atoms in total. The Kier molecular flexibility index (Phi) is 5.23. The van der Waals surface area contributed by atoms with Crippen LogP contribution in [0.3, 0.4) is 0 Å². The van der Waals surface area contributed by atoms with Crippen molar-refractivity contribution in [2.75, 3.05) is 13.9 Å². The molecule has 1 fully saturated rings. The number of rotatable bonds is 5. The highest BCUT2D eigenvalue weighted by Gasteiger charge is 2.26. The van der Waals surface area contributed by atoms with E-state index >= 15 is 0 Å². The van der Waals surface area contributed by atoms with Crippen LogP contribution in [0, 0.1) is 5.82 Å². The lowest BCUT2D eigenvalue weighted by Crippen LogP contribution is -2.40. The average molecular weight is 387 g/mol. The number of carbonyl (C=O) groups is 1. The van der Waals surface area contributed by atoms with Gasteiger partial charge in [0, 0.05) is 12.1 Å². The van der Waals surface area contributed by atoms with E-state index in [1.807, 2.05) is 18.2 Å². The van der Waals surface area contributed by atoms with Crippen LogP contribution in [0.2, 0.25) is 0 Å². The second kappa shape index (κ2) is 7.96. The van der Waals surface area contributed by atoms with Gasteiger partial charge in [-0.1, -0.05) is 6.07 Å². The van der Waals surface area contributed by atoms with Crippen LogP contribution in [0.4, 0.5) is 4.39 Å². The minimum Gasteiger partial charge on any atom is -0.496 e. The number of ether oxygens (including phenoxy) is 4. The van der Waals surface area contributed by atoms with Gasteiger partial charge in [-0.2, -0.15) is 0 Å². The third kappa shape index (κ3) is 3.83. The molecule has 28 heavy (non-hydrogen) atoms. The summed E-state index contributed by atoms with van der Waals surface area (Å²) in [6.07, 6.45) is 3.19. The van der Waals surface area contributed by atoms with Crippen molar-refractivity contribution in [3.8, 4) is 23.0 Å². The number of fused-ring (bicyclic) bond motifs is 1. The van der Waals surface area contributed by atoms with Crippen molar-refractivity contribution in [3.05, 3.63) is 47.8 Å². The van der Waals surface area contributed by atoms with Crippen LogP contribution in [0.15, 0.2) is 36.4 Å². The smallest absolute Gasteiger partial charge is 0.258 e. The van der Waals surface area contributed by atoms with E-state index in [0.29, 0.717) is 5.75 Å². The van der Waals surface area contributed by atoms with Crippen LogP contribution in [0.1, 0.15) is 36.0 Å². The van der Waals surface area contributed by atoms with Crippen molar-refractivity contribution in [1.29, 1.82) is 0 Å². The fourth-order valence-corrected chi connectivity index (χ4v) is 3.62. The maximum absolute atomic E-state index is 14.1. The first-order valence-corrected chi connectivity index (χ1v) is 9.33. The van der Waals surface area contributed by atoms with Gasteiger partial charge in [0.25, 0.3) is 5.91 Å². The molecule has 0 spiro atoms. The summed E-state index contributed by atoms with van der Waals surface area (Å²) < 4.78 is 35.9. The van der Waals surface area contributed by atoms with Crippen molar-refractivity contribution >= 4 is 5.91 Å². The number of benzene rings is 2. The molecule has 2 aromatic carbocycles. The highest BCUT2D eigenvalue weighted by atomic mass is 19.1. The lowest BCUT2D eigenvalue weighted by atomic mass is 9.92. The molecule has 0 saturated heterocycles. The second-order valence-electron chi connectivity index (χ2n) is 6.90. The Morgan fingerprint density at radius 3 is 2.68 bits per heavy atom. The number of amides is 1. The lowest BCUT2D eigenvalue weighted by Gasteiger charge is -2.29. The van der Waals surface area contributed by atoms with Crippen molar-refractivity contribution in [2.24, 2.45) is 0 Å². The predicted molar refractivity (Wildman–Crippen MR) is 99.7 cm³/mol. The van der Waals surface area contributed by atoms with Gasteiger partial charge in [0.2, 0.25) is 6.79 Å². The fraction of sp³-hybridized carbons (Fsp3) is 0.381. The molecule has 0 unspecified atom stereocenters. The summed E-state index contributed by atoms with van der Waals surface area (Å²) in [6, 6.07) is 9.87. The zero-order valence-electron chi connectivity index (χ0n) is 15.6. The van der Waals surface area contributed by atoms with Gasteiger partial charge >= 0.3 is 0 Å². The molecule has 0 aromatic heterocycles. The average Bonchev–Trinajstić information content (AvgIpc) is 3.17. The van der Waals surface area contributed by atoms with Crippen LogP contribution >= 0.6 is 0 Å². The van der Waals surface area contributed by atoms with Gasteiger partial charge in [0.05, 0.1) is 13.2 Å².